The Balaban J connectivity index is 3.21. The molecule has 2 atom stereocenters. The Morgan fingerprint density at radius 3 is 2.11 bits per heavy atom. The van der Waals surface area contributed by atoms with Crippen molar-refractivity contribution in [2.45, 2.75) is 18.6 Å². The number of aliphatic hydroxyl groups is 2. The number of aliphatic hydroxyl groups excluding tert-OH is 2. The smallest absolute Gasteiger partial charge is 0.336 e. The van der Waals surface area contributed by atoms with Crippen molar-refractivity contribution in [2.75, 3.05) is 0 Å². The summed E-state index contributed by atoms with van der Waals surface area (Å²) in [5, 5.41) is 36.2. The number of hydrogen-bond acceptors (Lipinski definition) is 4. The molecule has 0 aliphatic heterocycles. The van der Waals surface area contributed by atoms with Gasteiger partial charge in [-0.3, -0.25) is 4.79 Å². The Morgan fingerprint density at radius 1 is 1.11 bits per heavy atom. The number of aromatic carboxylic acids is 1. The van der Waals surface area contributed by atoms with Crippen LogP contribution < -0.4 is 0 Å². The Hall–Kier alpha value is -2.06. The second-order valence-corrected chi connectivity index (χ2v) is 3.77. The van der Waals surface area contributed by atoms with E-state index in [1.54, 1.807) is 0 Å². The van der Waals surface area contributed by atoms with Crippen molar-refractivity contribution >= 4 is 11.9 Å². The van der Waals surface area contributed by atoms with Crippen LogP contribution in [0, 0.1) is 11.6 Å². The van der Waals surface area contributed by atoms with Crippen molar-refractivity contribution in [3.63, 3.8) is 0 Å². The molecule has 1 aromatic rings. The van der Waals surface area contributed by atoms with E-state index >= 15 is 0 Å². The van der Waals surface area contributed by atoms with E-state index in [0.717, 1.165) is 0 Å². The van der Waals surface area contributed by atoms with Crippen LogP contribution >= 0.6 is 0 Å². The van der Waals surface area contributed by atoms with Crippen molar-refractivity contribution in [2.24, 2.45) is 0 Å². The van der Waals surface area contributed by atoms with Gasteiger partial charge in [-0.1, -0.05) is 0 Å². The summed E-state index contributed by atoms with van der Waals surface area (Å²) in [7, 11) is 0. The number of halogens is 2. The van der Waals surface area contributed by atoms with Crippen LogP contribution in [0.5, 0.6) is 0 Å². The summed E-state index contributed by atoms with van der Waals surface area (Å²) in [6.45, 7) is 0. The molecule has 2 unspecified atom stereocenters. The SMILES string of the molecule is O=C(O)CC(O)C(O)c1cc(F)c(F)cc1C(=O)O. The van der Waals surface area contributed by atoms with Crippen LogP contribution in [0.4, 0.5) is 8.78 Å². The van der Waals surface area contributed by atoms with Crippen molar-refractivity contribution in [3.05, 3.63) is 34.9 Å². The van der Waals surface area contributed by atoms with Gasteiger partial charge in [-0.2, -0.15) is 0 Å². The molecule has 0 bridgehead atoms. The fourth-order valence-corrected chi connectivity index (χ4v) is 1.49. The molecule has 0 fully saturated rings. The van der Waals surface area contributed by atoms with Crippen molar-refractivity contribution in [1.29, 1.82) is 0 Å². The van der Waals surface area contributed by atoms with E-state index < -0.39 is 53.3 Å². The van der Waals surface area contributed by atoms with Crippen LogP contribution in [-0.4, -0.2) is 38.5 Å². The number of carbonyl (C=O) groups is 2. The Kier molecular flexibility index (Phi) is 4.52. The number of carboxylic acids is 2. The molecule has 19 heavy (non-hydrogen) atoms. The second-order valence-electron chi connectivity index (χ2n) is 3.77. The largest absolute Gasteiger partial charge is 0.481 e. The molecule has 4 N–H and O–H groups in total. The molecular weight excluding hydrogens is 266 g/mol. The van der Waals surface area contributed by atoms with Gasteiger partial charge in [-0.05, 0) is 12.1 Å². The lowest BCUT2D eigenvalue weighted by molar-refractivity contribution is -0.141. The lowest BCUT2D eigenvalue weighted by atomic mass is 9.96. The van der Waals surface area contributed by atoms with Gasteiger partial charge in [0.25, 0.3) is 0 Å². The monoisotopic (exact) mass is 276 g/mol. The lowest BCUT2D eigenvalue weighted by Gasteiger charge is -2.18. The molecule has 8 heteroatoms. The molecule has 0 saturated carbocycles. The van der Waals surface area contributed by atoms with Crippen molar-refractivity contribution < 1.29 is 38.8 Å². The maximum Gasteiger partial charge on any atom is 0.336 e. The molecule has 6 nitrogen and oxygen atoms in total. The highest BCUT2D eigenvalue weighted by Gasteiger charge is 2.27. The van der Waals surface area contributed by atoms with Gasteiger partial charge in [-0.25, -0.2) is 13.6 Å². The van der Waals surface area contributed by atoms with Crippen LogP contribution in [0.15, 0.2) is 12.1 Å². The minimum Gasteiger partial charge on any atom is -0.481 e. The summed E-state index contributed by atoms with van der Waals surface area (Å²) in [5.41, 5.74) is -1.35. The predicted octanol–water partition coefficient (Wildman–Crippen LogP) is 0.532. The lowest BCUT2D eigenvalue weighted by Crippen LogP contribution is -2.24. The van der Waals surface area contributed by atoms with Gasteiger partial charge < -0.3 is 20.4 Å². The predicted molar refractivity (Wildman–Crippen MR) is 56.5 cm³/mol. The number of carboxylic acid groups (broad SMARTS) is 2. The molecule has 0 spiro atoms. The summed E-state index contributed by atoms with van der Waals surface area (Å²) in [6.07, 6.45) is -4.68. The summed E-state index contributed by atoms with van der Waals surface area (Å²) >= 11 is 0. The minimum absolute atomic E-state index is 0.351. The van der Waals surface area contributed by atoms with E-state index in [0.29, 0.717) is 12.1 Å². The van der Waals surface area contributed by atoms with E-state index in [1.165, 1.54) is 0 Å². The fraction of sp³-hybridized carbons (Fsp3) is 0.273. The first-order valence-electron chi connectivity index (χ1n) is 5.04. The summed E-state index contributed by atoms with van der Waals surface area (Å²) in [5.74, 6) is -5.93. The molecular formula is C11H10F2O6. The summed E-state index contributed by atoms with van der Waals surface area (Å²) in [6, 6.07) is 0.762. The van der Waals surface area contributed by atoms with Gasteiger partial charge in [0, 0.05) is 5.56 Å². The van der Waals surface area contributed by atoms with Gasteiger partial charge in [-0.15, -0.1) is 0 Å². The van der Waals surface area contributed by atoms with Crippen LogP contribution in [0.2, 0.25) is 0 Å². The molecule has 104 valence electrons. The Bertz CT molecular complexity index is 516. The number of hydrogen-bond donors (Lipinski definition) is 4. The molecule has 0 heterocycles. The first-order chi connectivity index (χ1) is 8.73. The first kappa shape index (κ1) is 15.0. The molecule has 0 aliphatic carbocycles. The van der Waals surface area contributed by atoms with E-state index in [9.17, 15) is 28.6 Å². The van der Waals surface area contributed by atoms with E-state index in [4.69, 9.17) is 10.2 Å². The average molecular weight is 276 g/mol. The first-order valence-corrected chi connectivity index (χ1v) is 5.04. The Labute approximate surface area is 105 Å². The Morgan fingerprint density at radius 2 is 1.63 bits per heavy atom. The van der Waals surface area contributed by atoms with Crippen LogP contribution in [0.3, 0.4) is 0 Å². The highest BCUT2D eigenvalue weighted by molar-refractivity contribution is 5.89. The standard InChI is InChI=1S/C11H10F2O6/c12-6-1-4(5(11(18)19)2-7(6)13)10(17)8(14)3-9(15)16/h1-2,8,10,14,17H,3H2,(H,15,16)(H,18,19). The normalized spacial score (nSPS) is 13.9. The molecule has 0 radical (unpaired) electrons. The number of aliphatic carboxylic acids is 1. The van der Waals surface area contributed by atoms with Gasteiger partial charge in [0.15, 0.2) is 11.6 Å². The van der Waals surface area contributed by atoms with Gasteiger partial charge in [0.1, 0.15) is 6.10 Å². The van der Waals surface area contributed by atoms with Crippen LogP contribution in [-0.2, 0) is 4.79 Å². The van der Waals surface area contributed by atoms with Gasteiger partial charge in [0.05, 0.1) is 18.1 Å². The zero-order chi connectivity index (χ0) is 14.7. The van der Waals surface area contributed by atoms with Crippen LogP contribution in [0.1, 0.15) is 28.4 Å². The van der Waals surface area contributed by atoms with E-state index in [2.05, 4.69) is 0 Å². The average Bonchev–Trinajstić information content (AvgIpc) is 2.29. The number of benzene rings is 1. The van der Waals surface area contributed by atoms with Crippen molar-refractivity contribution in [1.82, 2.24) is 0 Å². The van der Waals surface area contributed by atoms with E-state index in [-0.39, 0.29) is 0 Å². The maximum absolute atomic E-state index is 13.0. The third-order valence-corrected chi connectivity index (χ3v) is 2.39. The second kappa shape index (κ2) is 5.72. The van der Waals surface area contributed by atoms with Gasteiger partial charge in [0.2, 0.25) is 0 Å². The highest BCUT2D eigenvalue weighted by atomic mass is 19.2. The van der Waals surface area contributed by atoms with Crippen LogP contribution in [0.25, 0.3) is 0 Å². The third kappa shape index (κ3) is 3.46. The minimum atomic E-state index is -1.96. The molecule has 0 amide bonds. The molecule has 1 aromatic carbocycles. The van der Waals surface area contributed by atoms with Crippen molar-refractivity contribution in [3.8, 4) is 0 Å². The third-order valence-electron chi connectivity index (χ3n) is 2.39. The quantitative estimate of drug-likeness (QED) is 0.623. The molecule has 1 rings (SSSR count). The summed E-state index contributed by atoms with van der Waals surface area (Å²) < 4.78 is 25.9. The zero-order valence-corrected chi connectivity index (χ0v) is 9.38. The zero-order valence-electron chi connectivity index (χ0n) is 9.38. The fourth-order valence-electron chi connectivity index (χ4n) is 1.49. The van der Waals surface area contributed by atoms with E-state index in [1.807, 2.05) is 0 Å². The summed E-state index contributed by atoms with van der Waals surface area (Å²) in [4.78, 5) is 21.2. The highest BCUT2D eigenvalue weighted by Crippen LogP contribution is 2.25. The molecule has 0 saturated heterocycles. The van der Waals surface area contributed by atoms with Gasteiger partial charge >= 0.3 is 11.9 Å². The maximum atomic E-state index is 13.0. The topological polar surface area (TPSA) is 115 Å². The molecule has 0 aromatic heterocycles. The molecule has 0 aliphatic rings. The number of rotatable bonds is 5.